The lowest BCUT2D eigenvalue weighted by Gasteiger charge is -2.14. The Bertz CT molecular complexity index is 386. The minimum absolute atomic E-state index is 0.105. The van der Waals surface area contributed by atoms with Crippen LogP contribution in [0.1, 0.15) is 35.7 Å². The van der Waals surface area contributed by atoms with Crippen molar-refractivity contribution in [1.29, 1.82) is 0 Å². The van der Waals surface area contributed by atoms with Gasteiger partial charge in [0.2, 0.25) is 0 Å². The first-order valence-electron chi connectivity index (χ1n) is 4.58. The van der Waals surface area contributed by atoms with E-state index in [1.165, 1.54) is 13.2 Å². The van der Waals surface area contributed by atoms with E-state index < -0.39 is 5.97 Å². The van der Waals surface area contributed by atoms with E-state index in [2.05, 4.69) is 0 Å². The lowest BCUT2D eigenvalue weighted by atomic mass is 9.99. The van der Waals surface area contributed by atoms with E-state index in [1.807, 2.05) is 13.8 Å². The molecule has 0 fully saturated rings. The fourth-order valence-corrected chi connectivity index (χ4v) is 1.66. The van der Waals surface area contributed by atoms with Gasteiger partial charge >= 0.3 is 5.97 Å². The number of hydrogen-bond acceptors (Lipinski definition) is 2. The molecule has 4 heteroatoms. The Labute approximate surface area is 93.6 Å². The fourth-order valence-electron chi connectivity index (χ4n) is 1.43. The molecule has 0 amide bonds. The minimum Gasteiger partial charge on any atom is -0.496 e. The average Bonchev–Trinajstić information content (AvgIpc) is 2.16. The number of carboxylic acid groups (broad SMARTS) is 1. The summed E-state index contributed by atoms with van der Waals surface area (Å²) < 4.78 is 5.11. The number of rotatable bonds is 3. The molecule has 0 aromatic heterocycles. The molecule has 1 aromatic rings. The highest BCUT2D eigenvalue weighted by molar-refractivity contribution is 6.31. The fraction of sp³-hybridized carbons (Fsp3) is 0.364. The number of ether oxygens (including phenoxy) is 1. The van der Waals surface area contributed by atoms with Gasteiger partial charge in [0.05, 0.1) is 7.11 Å². The third-order valence-corrected chi connectivity index (χ3v) is 2.36. The van der Waals surface area contributed by atoms with Crippen molar-refractivity contribution in [2.24, 2.45) is 0 Å². The monoisotopic (exact) mass is 228 g/mol. The van der Waals surface area contributed by atoms with Gasteiger partial charge < -0.3 is 9.84 Å². The van der Waals surface area contributed by atoms with Crippen LogP contribution >= 0.6 is 11.6 Å². The van der Waals surface area contributed by atoms with E-state index in [9.17, 15) is 4.79 Å². The van der Waals surface area contributed by atoms with Crippen molar-refractivity contribution in [3.05, 3.63) is 28.3 Å². The second-order valence-electron chi connectivity index (χ2n) is 3.54. The zero-order valence-electron chi connectivity index (χ0n) is 8.87. The standard InChI is InChI=1S/C11H13ClO3/c1-6(2)8-4-7(12)5-9(11(13)14)10(8)15-3/h4-6H,1-3H3,(H,13,14). The topological polar surface area (TPSA) is 46.5 Å². The molecule has 0 aliphatic carbocycles. The zero-order valence-corrected chi connectivity index (χ0v) is 9.63. The maximum Gasteiger partial charge on any atom is 0.339 e. The number of carboxylic acids is 1. The SMILES string of the molecule is COc1c(C(=O)O)cc(Cl)cc1C(C)C. The molecular formula is C11H13ClO3. The molecular weight excluding hydrogens is 216 g/mol. The Hall–Kier alpha value is -1.22. The summed E-state index contributed by atoms with van der Waals surface area (Å²) in [6.07, 6.45) is 0. The first-order valence-corrected chi connectivity index (χ1v) is 4.96. The third kappa shape index (κ3) is 2.42. The van der Waals surface area contributed by atoms with Crippen molar-refractivity contribution in [3.63, 3.8) is 0 Å². The van der Waals surface area contributed by atoms with Gasteiger partial charge in [-0.3, -0.25) is 0 Å². The average molecular weight is 229 g/mol. The quantitative estimate of drug-likeness (QED) is 0.865. The van der Waals surface area contributed by atoms with Crippen LogP contribution in [0, 0.1) is 0 Å². The second kappa shape index (κ2) is 4.53. The van der Waals surface area contributed by atoms with E-state index >= 15 is 0 Å². The summed E-state index contributed by atoms with van der Waals surface area (Å²) in [5.74, 6) is -0.477. The summed E-state index contributed by atoms with van der Waals surface area (Å²) in [4.78, 5) is 11.0. The maximum absolute atomic E-state index is 11.0. The normalized spacial score (nSPS) is 10.5. The summed E-state index contributed by atoms with van der Waals surface area (Å²) in [7, 11) is 1.46. The van der Waals surface area contributed by atoms with Crippen molar-refractivity contribution in [1.82, 2.24) is 0 Å². The lowest BCUT2D eigenvalue weighted by Crippen LogP contribution is -2.04. The maximum atomic E-state index is 11.0. The van der Waals surface area contributed by atoms with Crippen molar-refractivity contribution in [3.8, 4) is 5.75 Å². The Morgan fingerprint density at radius 3 is 2.47 bits per heavy atom. The third-order valence-electron chi connectivity index (χ3n) is 2.14. The molecule has 1 aromatic carbocycles. The first kappa shape index (κ1) is 11.9. The van der Waals surface area contributed by atoms with Gasteiger partial charge in [0.25, 0.3) is 0 Å². The summed E-state index contributed by atoms with van der Waals surface area (Å²) in [6.45, 7) is 3.92. The summed E-state index contributed by atoms with van der Waals surface area (Å²) in [5, 5.41) is 9.40. The molecule has 0 heterocycles. The molecule has 3 nitrogen and oxygen atoms in total. The molecule has 0 aliphatic heterocycles. The van der Waals surface area contributed by atoms with Gasteiger partial charge in [-0.25, -0.2) is 4.79 Å². The molecule has 0 bridgehead atoms. The van der Waals surface area contributed by atoms with Crippen LogP contribution in [0.4, 0.5) is 0 Å². The van der Waals surface area contributed by atoms with Gasteiger partial charge in [0, 0.05) is 5.02 Å². The highest BCUT2D eigenvalue weighted by Crippen LogP contribution is 2.33. The van der Waals surface area contributed by atoms with Crippen molar-refractivity contribution in [2.75, 3.05) is 7.11 Å². The Morgan fingerprint density at radius 1 is 1.47 bits per heavy atom. The number of halogens is 1. The lowest BCUT2D eigenvalue weighted by molar-refractivity contribution is 0.0693. The molecule has 15 heavy (non-hydrogen) atoms. The number of hydrogen-bond donors (Lipinski definition) is 1. The zero-order chi connectivity index (χ0) is 11.6. The number of aromatic carboxylic acids is 1. The van der Waals surface area contributed by atoms with Crippen LogP contribution in [0.3, 0.4) is 0 Å². The van der Waals surface area contributed by atoms with Crippen molar-refractivity contribution < 1.29 is 14.6 Å². The highest BCUT2D eigenvalue weighted by atomic mass is 35.5. The largest absolute Gasteiger partial charge is 0.496 e. The molecule has 0 spiro atoms. The first-order chi connectivity index (χ1) is 6.97. The van der Waals surface area contributed by atoms with Gasteiger partial charge in [-0.2, -0.15) is 0 Å². The summed E-state index contributed by atoms with van der Waals surface area (Å²) >= 11 is 5.85. The van der Waals surface area contributed by atoms with E-state index in [1.54, 1.807) is 6.07 Å². The highest BCUT2D eigenvalue weighted by Gasteiger charge is 2.18. The van der Waals surface area contributed by atoms with Crippen molar-refractivity contribution >= 4 is 17.6 Å². The molecule has 0 radical (unpaired) electrons. The number of carbonyl (C=O) groups is 1. The molecule has 1 rings (SSSR count). The predicted molar refractivity (Wildman–Crippen MR) is 59.1 cm³/mol. The van der Waals surface area contributed by atoms with Crippen LogP contribution in [-0.2, 0) is 0 Å². The molecule has 0 unspecified atom stereocenters. The van der Waals surface area contributed by atoms with E-state index in [-0.39, 0.29) is 11.5 Å². The van der Waals surface area contributed by atoms with E-state index in [4.69, 9.17) is 21.4 Å². The van der Waals surface area contributed by atoms with Gasteiger partial charge in [-0.1, -0.05) is 25.4 Å². The van der Waals surface area contributed by atoms with Crippen molar-refractivity contribution in [2.45, 2.75) is 19.8 Å². The van der Waals surface area contributed by atoms with Crippen LogP contribution in [0.25, 0.3) is 0 Å². The molecule has 0 saturated carbocycles. The molecule has 0 atom stereocenters. The molecule has 0 aliphatic rings. The van der Waals surface area contributed by atoms with E-state index in [0.717, 1.165) is 5.56 Å². The van der Waals surface area contributed by atoms with Gasteiger partial charge in [0.15, 0.2) is 0 Å². The second-order valence-corrected chi connectivity index (χ2v) is 3.97. The van der Waals surface area contributed by atoms with Gasteiger partial charge in [0.1, 0.15) is 11.3 Å². The Kier molecular flexibility index (Phi) is 3.58. The van der Waals surface area contributed by atoms with Crippen LogP contribution < -0.4 is 4.74 Å². The summed E-state index contributed by atoms with van der Waals surface area (Å²) in [5.41, 5.74) is 0.913. The Balaban J connectivity index is 3.45. The van der Waals surface area contributed by atoms with Gasteiger partial charge in [-0.05, 0) is 23.6 Å². The Morgan fingerprint density at radius 2 is 2.07 bits per heavy atom. The van der Waals surface area contributed by atoms with Crippen LogP contribution in [0.15, 0.2) is 12.1 Å². The van der Waals surface area contributed by atoms with Gasteiger partial charge in [-0.15, -0.1) is 0 Å². The number of methoxy groups -OCH3 is 1. The van der Waals surface area contributed by atoms with Crippen LogP contribution in [0.5, 0.6) is 5.75 Å². The molecule has 82 valence electrons. The number of benzene rings is 1. The smallest absolute Gasteiger partial charge is 0.339 e. The van der Waals surface area contributed by atoms with Crippen LogP contribution in [-0.4, -0.2) is 18.2 Å². The summed E-state index contributed by atoms with van der Waals surface area (Å²) in [6, 6.07) is 3.13. The predicted octanol–water partition coefficient (Wildman–Crippen LogP) is 3.17. The minimum atomic E-state index is -1.03. The van der Waals surface area contributed by atoms with Crippen LogP contribution in [0.2, 0.25) is 5.02 Å². The molecule has 1 N–H and O–H groups in total. The van der Waals surface area contributed by atoms with E-state index in [0.29, 0.717) is 10.8 Å². The molecule has 0 saturated heterocycles.